The number of hydrogen-bond acceptors (Lipinski definition) is 4. The van der Waals surface area contributed by atoms with E-state index in [0.717, 1.165) is 36.5 Å². The van der Waals surface area contributed by atoms with Crippen molar-refractivity contribution in [3.8, 4) is 0 Å². The molecular weight excluding hydrogens is 367 g/mol. The number of aliphatic hydroxyl groups is 1. The Balaban J connectivity index is 1.34. The van der Waals surface area contributed by atoms with Crippen molar-refractivity contribution in [3.63, 3.8) is 0 Å². The van der Waals surface area contributed by atoms with E-state index in [9.17, 15) is 9.50 Å². The van der Waals surface area contributed by atoms with Crippen LogP contribution in [-0.4, -0.2) is 29.6 Å². The van der Waals surface area contributed by atoms with E-state index < -0.39 is 5.60 Å². The summed E-state index contributed by atoms with van der Waals surface area (Å²) in [6.07, 6.45) is 3.15. The fourth-order valence-corrected chi connectivity index (χ4v) is 3.79. The van der Waals surface area contributed by atoms with Crippen molar-refractivity contribution in [3.05, 3.63) is 82.3 Å². The van der Waals surface area contributed by atoms with Gasteiger partial charge in [-0.1, -0.05) is 35.9 Å². The maximum Gasteiger partial charge on any atom is 0.131 e. The average Bonchev–Trinajstić information content (AvgIpc) is 3.13. The first-order valence-corrected chi connectivity index (χ1v) is 9.48. The molecule has 0 amide bonds. The van der Waals surface area contributed by atoms with Gasteiger partial charge in [0.2, 0.25) is 0 Å². The van der Waals surface area contributed by atoms with E-state index in [1.165, 1.54) is 12.1 Å². The molecule has 0 bridgehead atoms. The van der Waals surface area contributed by atoms with Gasteiger partial charge in [-0.15, -0.1) is 0 Å². The normalized spacial score (nSPS) is 22.3. The number of nitrogens with one attached hydrogen (secondary N) is 1. The summed E-state index contributed by atoms with van der Waals surface area (Å²) < 4.78 is 13.1. The molecule has 2 N–H and O–H groups in total. The highest BCUT2D eigenvalue weighted by molar-refractivity contribution is 6.30. The van der Waals surface area contributed by atoms with E-state index in [2.05, 4.69) is 10.4 Å². The van der Waals surface area contributed by atoms with Gasteiger partial charge in [-0.25, -0.2) is 4.39 Å². The van der Waals surface area contributed by atoms with Gasteiger partial charge in [0.05, 0.1) is 11.3 Å². The molecule has 2 aliphatic rings. The zero-order chi connectivity index (χ0) is 18.9. The number of rotatable bonds is 4. The van der Waals surface area contributed by atoms with Crippen molar-refractivity contribution in [1.82, 2.24) is 10.4 Å². The molecule has 0 spiro atoms. The molecular formula is C21H22ClFN2O2. The van der Waals surface area contributed by atoms with E-state index in [1.54, 1.807) is 12.1 Å². The second-order valence-corrected chi connectivity index (χ2v) is 7.64. The molecule has 0 radical (unpaired) electrons. The lowest BCUT2D eigenvalue weighted by atomic mass is 9.84. The predicted molar refractivity (Wildman–Crippen MR) is 102 cm³/mol. The summed E-state index contributed by atoms with van der Waals surface area (Å²) in [5.41, 5.74) is 4.99. The van der Waals surface area contributed by atoms with E-state index in [1.807, 2.05) is 30.3 Å². The molecule has 0 aliphatic carbocycles. The molecule has 1 saturated heterocycles. The van der Waals surface area contributed by atoms with Gasteiger partial charge in [0.1, 0.15) is 11.9 Å². The molecule has 27 heavy (non-hydrogen) atoms. The number of likely N-dealkylation sites (tertiary alicyclic amines) is 1. The minimum atomic E-state index is -0.800. The largest absolute Gasteiger partial charge is 0.385 e. The lowest BCUT2D eigenvalue weighted by molar-refractivity contribution is -0.0257. The van der Waals surface area contributed by atoms with Gasteiger partial charge >= 0.3 is 0 Å². The maximum atomic E-state index is 13.1. The highest BCUT2D eigenvalue weighted by Gasteiger charge is 2.34. The topological polar surface area (TPSA) is 44.7 Å². The van der Waals surface area contributed by atoms with Gasteiger partial charge in [-0.05, 0) is 54.3 Å². The number of halogens is 2. The Bertz CT molecular complexity index is 815. The summed E-state index contributed by atoms with van der Waals surface area (Å²) in [4.78, 5) is 7.89. The van der Waals surface area contributed by atoms with Crippen LogP contribution in [0.5, 0.6) is 0 Å². The van der Waals surface area contributed by atoms with Gasteiger partial charge in [0, 0.05) is 24.7 Å². The lowest BCUT2D eigenvalue weighted by Gasteiger charge is -2.38. The van der Waals surface area contributed by atoms with E-state index in [0.29, 0.717) is 17.9 Å². The Morgan fingerprint density at radius 2 is 1.78 bits per heavy atom. The predicted octanol–water partition coefficient (Wildman–Crippen LogP) is 3.92. The maximum absolute atomic E-state index is 13.1. The Labute approximate surface area is 163 Å². The Kier molecular flexibility index (Phi) is 5.19. The van der Waals surface area contributed by atoms with Gasteiger partial charge in [0.25, 0.3) is 0 Å². The molecule has 2 aromatic rings. The van der Waals surface area contributed by atoms with Crippen LogP contribution in [0.1, 0.15) is 30.1 Å². The van der Waals surface area contributed by atoms with E-state index in [-0.39, 0.29) is 11.9 Å². The van der Waals surface area contributed by atoms with Crippen LogP contribution >= 0.6 is 11.6 Å². The van der Waals surface area contributed by atoms with Crippen molar-refractivity contribution in [1.29, 1.82) is 0 Å². The fourth-order valence-electron chi connectivity index (χ4n) is 3.66. The molecule has 4 rings (SSSR count). The third-order valence-corrected chi connectivity index (χ3v) is 5.58. The first-order valence-electron chi connectivity index (χ1n) is 9.10. The van der Waals surface area contributed by atoms with Crippen LogP contribution in [0.4, 0.5) is 4.39 Å². The first kappa shape index (κ1) is 18.4. The minimum Gasteiger partial charge on any atom is -0.385 e. The molecule has 0 aromatic heterocycles. The third-order valence-electron chi connectivity index (χ3n) is 5.33. The first-order chi connectivity index (χ1) is 13.0. The average molecular weight is 389 g/mol. The van der Waals surface area contributed by atoms with Crippen molar-refractivity contribution in [2.75, 3.05) is 19.6 Å². The summed E-state index contributed by atoms with van der Waals surface area (Å²) >= 11 is 5.94. The molecule has 4 nitrogen and oxygen atoms in total. The van der Waals surface area contributed by atoms with Crippen molar-refractivity contribution >= 4 is 11.6 Å². The van der Waals surface area contributed by atoms with Crippen molar-refractivity contribution in [2.45, 2.75) is 24.5 Å². The van der Waals surface area contributed by atoms with Crippen LogP contribution in [0, 0.1) is 5.82 Å². The molecule has 2 heterocycles. The lowest BCUT2D eigenvalue weighted by Crippen LogP contribution is -2.43. The summed E-state index contributed by atoms with van der Waals surface area (Å²) in [6.45, 7) is 2.31. The van der Waals surface area contributed by atoms with Crippen LogP contribution in [-0.2, 0) is 10.4 Å². The van der Waals surface area contributed by atoms with E-state index in [4.69, 9.17) is 16.4 Å². The fraction of sp³-hybridized carbons (Fsp3) is 0.333. The zero-order valence-corrected chi connectivity index (χ0v) is 15.6. The van der Waals surface area contributed by atoms with Crippen LogP contribution in [0.25, 0.3) is 0 Å². The van der Waals surface area contributed by atoms with Gasteiger partial charge in [-0.2, -0.15) is 0 Å². The van der Waals surface area contributed by atoms with Crippen LogP contribution in [0.3, 0.4) is 0 Å². The van der Waals surface area contributed by atoms with Crippen LogP contribution < -0.4 is 5.48 Å². The molecule has 2 aromatic carbocycles. The van der Waals surface area contributed by atoms with Crippen molar-refractivity contribution < 1.29 is 14.3 Å². The summed E-state index contributed by atoms with van der Waals surface area (Å²) in [6, 6.07) is 13.8. The highest BCUT2D eigenvalue weighted by atomic mass is 35.5. The molecule has 0 saturated carbocycles. The smallest absolute Gasteiger partial charge is 0.131 e. The Morgan fingerprint density at radius 1 is 1.11 bits per heavy atom. The number of hydrogen-bond donors (Lipinski definition) is 2. The number of benzene rings is 2. The van der Waals surface area contributed by atoms with Gasteiger partial charge in [-0.3, -0.25) is 15.2 Å². The van der Waals surface area contributed by atoms with Crippen LogP contribution in [0.2, 0.25) is 5.02 Å². The minimum absolute atomic E-state index is 0.212. The second kappa shape index (κ2) is 7.60. The molecule has 1 unspecified atom stereocenters. The Morgan fingerprint density at radius 3 is 2.44 bits per heavy atom. The molecule has 1 fully saturated rings. The SMILES string of the molecule is OC1(c2ccc(Cl)cc2)CCN(CC2=CC(c3ccc(F)cc3)ON2)CC1. The third kappa shape index (κ3) is 4.17. The highest BCUT2D eigenvalue weighted by Crippen LogP contribution is 2.34. The number of nitrogens with zero attached hydrogens (tertiary/aromatic N) is 1. The van der Waals surface area contributed by atoms with Crippen LogP contribution in [0.15, 0.2) is 60.3 Å². The summed E-state index contributed by atoms with van der Waals surface area (Å²) in [5.74, 6) is -0.254. The summed E-state index contributed by atoms with van der Waals surface area (Å²) in [7, 11) is 0. The van der Waals surface area contributed by atoms with E-state index >= 15 is 0 Å². The number of hydroxylamine groups is 1. The second-order valence-electron chi connectivity index (χ2n) is 7.20. The monoisotopic (exact) mass is 388 g/mol. The molecule has 6 heteroatoms. The molecule has 142 valence electrons. The van der Waals surface area contributed by atoms with Crippen molar-refractivity contribution in [2.24, 2.45) is 0 Å². The molecule has 1 atom stereocenters. The Hall–Kier alpha value is -1.92. The summed E-state index contributed by atoms with van der Waals surface area (Å²) in [5, 5.41) is 11.6. The number of piperidine rings is 1. The zero-order valence-electron chi connectivity index (χ0n) is 14.9. The molecule has 2 aliphatic heterocycles. The van der Waals surface area contributed by atoms with Gasteiger partial charge in [0.15, 0.2) is 0 Å². The standard InChI is InChI=1S/C21H22ClFN2O2/c22-17-5-3-16(4-6-17)21(26)9-11-25(12-10-21)14-19-13-20(27-24-19)15-1-7-18(23)8-2-15/h1-8,13,20,24,26H,9-12,14H2. The quantitative estimate of drug-likeness (QED) is 0.833. The van der Waals surface area contributed by atoms with Gasteiger partial charge < -0.3 is 5.11 Å².